The Labute approximate surface area is 61.2 Å². The van der Waals surface area contributed by atoms with E-state index >= 15 is 0 Å². The molecule has 0 bridgehead atoms. The van der Waals surface area contributed by atoms with E-state index in [-0.39, 0.29) is 6.04 Å². The van der Waals surface area contributed by atoms with E-state index in [2.05, 4.69) is 4.72 Å². The van der Waals surface area contributed by atoms with Crippen LogP contribution >= 0.6 is 0 Å². The Bertz CT molecular complexity index is 198. The van der Waals surface area contributed by atoms with Gasteiger partial charge in [-0.1, -0.05) is 0 Å². The molecule has 0 aromatic heterocycles. The fourth-order valence-corrected chi connectivity index (χ4v) is 1.42. The van der Waals surface area contributed by atoms with Crippen LogP contribution in [0.15, 0.2) is 0 Å². The molecule has 0 saturated carbocycles. The second kappa shape index (κ2) is 3.68. The Morgan fingerprint density at radius 1 is 1.70 bits per heavy atom. The molecule has 0 aliphatic heterocycles. The van der Waals surface area contributed by atoms with Gasteiger partial charge in [0.2, 0.25) is 10.0 Å². The van der Waals surface area contributed by atoms with Gasteiger partial charge in [-0.25, -0.2) is 13.1 Å². The molecule has 1 unspecified atom stereocenters. The topological polar surface area (TPSA) is 70.0 Å². The molecule has 0 saturated heterocycles. The van der Waals surface area contributed by atoms with Crippen LogP contribution in [0.1, 0.15) is 13.3 Å². The molecule has 0 amide bonds. The molecule has 2 N–H and O–H groups in total. The van der Waals surface area contributed by atoms with Gasteiger partial charge in [0.25, 0.3) is 0 Å². The summed E-state index contributed by atoms with van der Waals surface area (Å²) in [6, 6.07) is -0.174. The van der Waals surface area contributed by atoms with E-state index < -0.39 is 10.0 Å². The molecule has 10 heavy (non-hydrogen) atoms. The molecule has 5 heteroatoms. The van der Waals surface area contributed by atoms with Crippen LogP contribution in [0, 0.1) is 5.41 Å². The van der Waals surface area contributed by atoms with Crippen molar-refractivity contribution >= 4 is 16.2 Å². The molecule has 0 fully saturated rings. The standard InChI is InChI=1S/C5H12N2O2S/c1-5(3-4-6)7-10(2,8)9/h4-7H,3H2,1-2H3. The summed E-state index contributed by atoms with van der Waals surface area (Å²) in [5, 5.41) is 6.68. The summed E-state index contributed by atoms with van der Waals surface area (Å²) in [5.41, 5.74) is 0. The van der Waals surface area contributed by atoms with Gasteiger partial charge >= 0.3 is 0 Å². The summed E-state index contributed by atoms with van der Waals surface area (Å²) < 4.78 is 23.4. The number of rotatable bonds is 4. The Kier molecular flexibility index (Phi) is 3.52. The van der Waals surface area contributed by atoms with Crippen molar-refractivity contribution < 1.29 is 8.42 Å². The third-order valence-corrected chi connectivity index (χ3v) is 1.72. The lowest BCUT2D eigenvalue weighted by Crippen LogP contribution is -2.31. The van der Waals surface area contributed by atoms with Crippen molar-refractivity contribution in [3.05, 3.63) is 0 Å². The van der Waals surface area contributed by atoms with Crippen molar-refractivity contribution in [3.63, 3.8) is 0 Å². The first-order chi connectivity index (χ1) is 4.45. The summed E-state index contributed by atoms with van der Waals surface area (Å²) in [6.07, 6.45) is 2.73. The summed E-state index contributed by atoms with van der Waals surface area (Å²) in [5.74, 6) is 0. The van der Waals surface area contributed by atoms with Gasteiger partial charge in [-0.3, -0.25) is 0 Å². The highest BCUT2D eigenvalue weighted by atomic mass is 32.2. The fraction of sp³-hybridized carbons (Fsp3) is 0.800. The maximum absolute atomic E-state index is 10.5. The van der Waals surface area contributed by atoms with E-state index in [0.717, 1.165) is 6.26 Å². The van der Waals surface area contributed by atoms with Crippen molar-refractivity contribution in [2.75, 3.05) is 6.26 Å². The van der Waals surface area contributed by atoms with Crippen LogP contribution in [0.5, 0.6) is 0 Å². The van der Waals surface area contributed by atoms with Gasteiger partial charge in [0.1, 0.15) is 0 Å². The predicted octanol–water partition coefficient (Wildman–Crippen LogP) is -0.0362. The first-order valence-electron chi connectivity index (χ1n) is 2.92. The van der Waals surface area contributed by atoms with Crippen molar-refractivity contribution in [2.24, 2.45) is 0 Å². The fourth-order valence-electron chi connectivity index (χ4n) is 0.590. The summed E-state index contributed by atoms with van der Waals surface area (Å²) in [4.78, 5) is 0. The SMILES string of the molecule is CC(CC=N)NS(C)(=O)=O. The number of sulfonamides is 1. The van der Waals surface area contributed by atoms with E-state index in [1.54, 1.807) is 6.92 Å². The molecule has 0 spiro atoms. The van der Waals surface area contributed by atoms with Crippen LogP contribution in [0.4, 0.5) is 0 Å². The maximum Gasteiger partial charge on any atom is 0.208 e. The Morgan fingerprint density at radius 3 is 2.50 bits per heavy atom. The van der Waals surface area contributed by atoms with Gasteiger partial charge in [-0.15, -0.1) is 0 Å². The van der Waals surface area contributed by atoms with E-state index in [0.29, 0.717) is 6.42 Å². The maximum atomic E-state index is 10.5. The molecule has 0 radical (unpaired) electrons. The van der Waals surface area contributed by atoms with Gasteiger partial charge in [0.05, 0.1) is 6.26 Å². The Hall–Kier alpha value is -0.420. The predicted molar refractivity (Wildman–Crippen MR) is 40.8 cm³/mol. The lowest BCUT2D eigenvalue weighted by molar-refractivity contribution is 0.571. The molecule has 0 aliphatic rings. The van der Waals surface area contributed by atoms with E-state index in [9.17, 15) is 8.42 Å². The Morgan fingerprint density at radius 2 is 2.20 bits per heavy atom. The summed E-state index contributed by atoms with van der Waals surface area (Å²) in [6.45, 7) is 1.71. The largest absolute Gasteiger partial charge is 0.313 e. The molecule has 0 rings (SSSR count). The van der Waals surface area contributed by atoms with Crippen molar-refractivity contribution in [2.45, 2.75) is 19.4 Å². The molecule has 60 valence electrons. The average Bonchev–Trinajstić information content (AvgIpc) is 1.59. The van der Waals surface area contributed by atoms with Gasteiger partial charge in [0, 0.05) is 6.04 Å². The zero-order valence-corrected chi connectivity index (χ0v) is 6.90. The number of hydrogen-bond acceptors (Lipinski definition) is 3. The monoisotopic (exact) mass is 164 g/mol. The third-order valence-electron chi connectivity index (χ3n) is 0.887. The van der Waals surface area contributed by atoms with Gasteiger partial charge in [-0.2, -0.15) is 0 Å². The highest BCUT2D eigenvalue weighted by Crippen LogP contribution is 1.88. The average molecular weight is 164 g/mol. The molecule has 0 heterocycles. The van der Waals surface area contributed by atoms with Crippen molar-refractivity contribution in [1.29, 1.82) is 5.41 Å². The zero-order chi connectivity index (χ0) is 8.20. The first kappa shape index (κ1) is 9.58. The minimum absolute atomic E-state index is 0.174. The molecular formula is C5H12N2O2S. The highest BCUT2D eigenvalue weighted by Gasteiger charge is 2.05. The molecule has 0 aromatic carbocycles. The quantitative estimate of drug-likeness (QED) is 0.572. The van der Waals surface area contributed by atoms with Crippen LogP contribution in [0.3, 0.4) is 0 Å². The van der Waals surface area contributed by atoms with Crippen LogP contribution in [-0.2, 0) is 10.0 Å². The second-order valence-corrected chi connectivity index (χ2v) is 4.01. The highest BCUT2D eigenvalue weighted by molar-refractivity contribution is 7.88. The van der Waals surface area contributed by atoms with Gasteiger partial charge in [0.15, 0.2) is 0 Å². The van der Waals surface area contributed by atoms with Crippen LogP contribution in [0.2, 0.25) is 0 Å². The molecule has 0 aromatic rings. The number of nitrogens with one attached hydrogen (secondary N) is 2. The van der Waals surface area contributed by atoms with Crippen LogP contribution in [-0.4, -0.2) is 26.9 Å². The molecule has 4 nitrogen and oxygen atoms in total. The van der Waals surface area contributed by atoms with Crippen molar-refractivity contribution in [3.8, 4) is 0 Å². The lowest BCUT2D eigenvalue weighted by Gasteiger charge is -2.07. The minimum atomic E-state index is -3.10. The third kappa shape index (κ3) is 5.71. The summed E-state index contributed by atoms with van der Waals surface area (Å²) >= 11 is 0. The van der Waals surface area contributed by atoms with E-state index in [1.807, 2.05) is 0 Å². The van der Waals surface area contributed by atoms with Crippen LogP contribution < -0.4 is 4.72 Å². The smallest absolute Gasteiger partial charge is 0.208 e. The second-order valence-electron chi connectivity index (χ2n) is 2.23. The zero-order valence-electron chi connectivity index (χ0n) is 6.09. The minimum Gasteiger partial charge on any atom is -0.313 e. The van der Waals surface area contributed by atoms with E-state index in [4.69, 9.17) is 5.41 Å². The number of hydrogen-bond donors (Lipinski definition) is 2. The molecule has 0 aliphatic carbocycles. The van der Waals surface area contributed by atoms with Crippen LogP contribution in [0.25, 0.3) is 0 Å². The van der Waals surface area contributed by atoms with Gasteiger partial charge in [-0.05, 0) is 19.6 Å². The van der Waals surface area contributed by atoms with Gasteiger partial charge < -0.3 is 5.41 Å². The summed E-state index contributed by atoms with van der Waals surface area (Å²) in [7, 11) is -3.10. The molecular weight excluding hydrogens is 152 g/mol. The lowest BCUT2D eigenvalue weighted by atomic mass is 10.3. The van der Waals surface area contributed by atoms with E-state index in [1.165, 1.54) is 6.21 Å². The normalized spacial score (nSPS) is 14.6. The molecule has 1 atom stereocenters. The van der Waals surface area contributed by atoms with Crippen molar-refractivity contribution in [1.82, 2.24) is 4.72 Å². The first-order valence-corrected chi connectivity index (χ1v) is 4.81. The Balaban J connectivity index is 3.80.